The van der Waals surface area contributed by atoms with E-state index in [0.717, 1.165) is 49.0 Å². The molecule has 0 aliphatic heterocycles. The van der Waals surface area contributed by atoms with Crippen LogP contribution in [0.25, 0.3) is 0 Å². The minimum atomic E-state index is -0.481. The van der Waals surface area contributed by atoms with Gasteiger partial charge in [0.15, 0.2) is 0 Å². The largest absolute Gasteiger partial charge is 0.497 e. The Morgan fingerprint density at radius 3 is 2.23 bits per heavy atom. The number of hydrogen-bond acceptors (Lipinski definition) is 5. The maximum Gasteiger partial charge on any atom is 0.269 e. The van der Waals surface area contributed by atoms with Gasteiger partial charge in [0.05, 0.1) is 17.4 Å². The van der Waals surface area contributed by atoms with Crippen LogP contribution >= 0.6 is 0 Å². The molecule has 2 amide bonds. The van der Waals surface area contributed by atoms with Crippen LogP contribution in [-0.2, 0) is 17.6 Å². The third-order valence-electron chi connectivity index (χ3n) is 7.54. The molecule has 0 radical (unpaired) electrons. The third-order valence-corrected chi connectivity index (χ3v) is 7.54. The van der Waals surface area contributed by atoms with Crippen molar-refractivity contribution in [3.63, 3.8) is 0 Å². The van der Waals surface area contributed by atoms with E-state index >= 15 is 0 Å². The summed E-state index contributed by atoms with van der Waals surface area (Å²) >= 11 is 0. The van der Waals surface area contributed by atoms with Gasteiger partial charge in [-0.15, -0.1) is 0 Å². The Morgan fingerprint density at radius 2 is 1.64 bits per heavy atom. The van der Waals surface area contributed by atoms with Crippen LogP contribution < -0.4 is 15.4 Å². The summed E-state index contributed by atoms with van der Waals surface area (Å²) in [5, 5.41) is 17.1. The second-order valence-electron chi connectivity index (χ2n) is 10.5. The summed E-state index contributed by atoms with van der Waals surface area (Å²) in [6, 6.07) is 19.6. The zero-order valence-electron chi connectivity index (χ0n) is 22.7. The monoisotopic (exact) mass is 529 g/mol. The molecule has 2 N–H and O–H groups in total. The number of benzene rings is 3. The van der Waals surface area contributed by atoms with Crippen LogP contribution in [0.2, 0.25) is 0 Å². The number of nitrogens with one attached hydrogen (secondary N) is 2. The van der Waals surface area contributed by atoms with E-state index in [9.17, 15) is 19.7 Å². The molecule has 1 unspecified atom stereocenters. The van der Waals surface area contributed by atoms with Crippen LogP contribution in [-0.4, -0.2) is 29.9 Å². The molecular formula is C31H35N3O5. The first-order valence-corrected chi connectivity index (χ1v) is 13.3. The lowest BCUT2D eigenvalue weighted by molar-refractivity contribution is -0.384. The molecule has 3 aromatic rings. The number of nitro benzene ring substituents is 1. The van der Waals surface area contributed by atoms with Gasteiger partial charge in [0.2, 0.25) is 5.91 Å². The van der Waals surface area contributed by atoms with Crippen LogP contribution in [0.3, 0.4) is 0 Å². The number of non-ortho nitro benzene ring substituents is 1. The van der Waals surface area contributed by atoms with E-state index in [4.69, 9.17) is 4.74 Å². The summed E-state index contributed by atoms with van der Waals surface area (Å²) in [6.07, 6.45) is 5.29. The highest BCUT2D eigenvalue weighted by Gasteiger charge is 2.41. The Morgan fingerprint density at radius 1 is 1.00 bits per heavy atom. The molecule has 8 nitrogen and oxygen atoms in total. The van der Waals surface area contributed by atoms with E-state index < -0.39 is 4.92 Å². The molecule has 0 saturated heterocycles. The molecule has 8 heteroatoms. The summed E-state index contributed by atoms with van der Waals surface area (Å²) < 4.78 is 5.26. The van der Waals surface area contributed by atoms with Gasteiger partial charge >= 0.3 is 0 Å². The van der Waals surface area contributed by atoms with E-state index in [-0.39, 0.29) is 29.0 Å². The minimum Gasteiger partial charge on any atom is -0.497 e. The van der Waals surface area contributed by atoms with Crippen molar-refractivity contribution in [2.75, 3.05) is 12.4 Å². The quantitative estimate of drug-likeness (QED) is 0.247. The molecule has 1 atom stereocenters. The third kappa shape index (κ3) is 6.82. The highest BCUT2D eigenvalue weighted by atomic mass is 16.6. The number of hydrogen-bond donors (Lipinski definition) is 2. The number of anilines is 1. The van der Waals surface area contributed by atoms with Gasteiger partial charge < -0.3 is 15.4 Å². The first-order chi connectivity index (χ1) is 18.7. The predicted molar refractivity (Wildman–Crippen MR) is 151 cm³/mol. The van der Waals surface area contributed by atoms with E-state index in [1.54, 1.807) is 14.0 Å². The van der Waals surface area contributed by atoms with Gasteiger partial charge in [0, 0.05) is 29.4 Å². The van der Waals surface area contributed by atoms with Gasteiger partial charge in [0.1, 0.15) is 5.75 Å². The molecule has 3 aromatic carbocycles. The van der Waals surface area contributed by atoms with Crippen molar-refractivity contribution >= 4 is 23.2 Å². The molecule has 1 aliphatic rings. The second-order valence-corrected chi connectivity index (χ2v) is 10.5. The van der Waals surface area contributed by atoms with Crippen molar-refractivity contribution in [2.24, 2.45) is 5.41 Å². The molecule has 39 heavy (non-hydrogen) atoms. The maximum absolute atomic E-state index is 13.5. The summed E-state index contributed by atoms with van der Waals surface area (Å²) in [5.74, 6) is 0.601. The van der Waals surface area contributed by atoms with Crippen LogP contribution in [0.4, 0.5) is 11.4 Å². The number of amides is 2. The van der Waals surface area contributed by atoms with Crippen molar-refractivity contribution in [1.29, 1.82) is 0 Å². The molecule has 1 aliphatic carbocycles. The zero-order chi connectivity index (χ0) is 28.0. The number of ether oxygens (including phenoxy) is 1. The molecule has 0 spiro atoms. The normalized spacial score (nSPS) is 14.8. The van der Waals surface area contributed by atoms with Crippen molar-refractivity contribution in [3.8, 4) is 5.75 Å². The lowest BCUT2D eigenvalue weighted by atomic mass is 9.79. The average molecular weight is 530 g/mol. The van der Waals surface area contributed by atoms with E-state index in [1.807, 2.05) is 55.5 Å². The van der Waals surface area contributed by atoms with Crippen molar-refractivity contribution in [3.05, 3.63) is 99.1 Å². The minimum absolute atomic E-state index is 0.0470. The first-order valence-electron chi connectivity index (χ1n) is 13.3. The van der Waals surface area contributed by atoms with Crippen molar-refractivity contribution in [2.45, 2.75) is 58.4 Å². The summed E-state index contributed by atoms with van der Waals surface area (Å²) in [6.45, 7) is 3.69. The van der Waals surface area contributed by atoms with Crippen LogP contribution in [0.15, 0.2) is 66.7 Å². The smallest absolute Gasteiger partial charge is 0.269 e. The fourth-order valence-corrected chi connectivity index (χ4v) is 5.39. The number of rotatable bonds is 10. The highest BCUT2D eigenvalue weighted by molar-refractivity contribution is 6.05. The maximum atomic E-state index is 13.5. The van der Waals surface area contributed by atoms with Crippen LogP contribution in [0.1, 0.15) is 59.7 Å². The number of carbonyl (C=O) groups excluding carboxylic acids is 2. The summed E-state index contributed by atoms with van der Waals surface area (Å²) in [5.41, 5.74) is 3.31. The molecular weight excluding hydrogens is 494 g/mol. The highest BCUT2D eigenvalue weighted by Crippen LogP contribution is 2.41. The van der Waals surface area contributed by atoms with E-state index in [0.29, 0.717) is 23.2 Å². The van der Waals surface area contributed by atoms with Crippen LogP contribution in [0.5, 0.6) is 5.75 Å². The van der Waals surface area contributed by atoms with Gasteiger partial charge in [-0.3, -0.25) is 19.7 Å². The number of nitrogens with zero attached hydrogens (tertiary/aromatic N) is 1. The lowest BCUT2D eigenvalue weighted by Crippen LogP contribution is -2.45. The van der Waals surface area contributed by atoms with Gasteiger partial charge in [0.25, 0.3) is 11.6 Å². The number of aryl methyl sites for hydroxylation is 1. The number of carbonyl (C=O) groups is 2. The number of methoxy groups -OCH3 is 1. The lowest BCUT2D eigenvalue weighted by Gasteiger charge is -2.30. The average Bonchev–Trinajstić information content (AvgIpc) is 3.39. The fourth-order valence-electron chi connectivity index (χ4n) is 5.39. The Bertz CT molecular complexity index is 1330. The second kappa shape index (κ2) is 12.1. The summed E-state index contributed by atoms with van der Waals surface area (Å²) in [7, 11) is 1.65. The molecule has 0 heterocycles. The Balaban J connectivity index is 1.34. The Labute approximate surface area is 228 Å². The topological polar surface area (TPSA) is 111 Å². The van der Waals surface area contributed by atoms with Gasteiger partial charge in [-0.2, -0.15) is 0 Å². The molecule has 0 bridgehead atoms. The van der Waals surface area contributed by atoms with Gasteiger partial charge in [-0.05, 0) is 86.6 Å². The molecule has 1 saturated carbocycles. The number of nitro groups is 1. The van der Waals surface area contributed by atoms with Crippen molar-refractivity contribution in [1.82, 2.24) is 5.32 Å². The van der Waals surface area contributed by atoms with E-state index in [1.165, 1.54) is 18.2 Å². The Hall–Kier alpha value is -4.20. The Kier molecular flexibility index (Phi) is 8.64. The van der Waals surface area contributed by atoms with Crippen LogP contribution in [0, 0.1) is 22.5 Å². The van der Waals surface area contributed by atoms with Crippen molar-refractivity contribution < 1.29 is 19.2 Å². The summed E-state index contributed by atoms with van der Waals surface area (Å²) in [4.78, 5) is 36.6. The molecule has 4 rings (SSSR count). The fraction of sp³-hybridized carbons (Fsp3) is 0.355. The van der Waals surface area contributed by atoms with E-state index in [2.05, 4.69) is 10.6 Å². The molecule has 1 fully saturated rings. The van der Waals surface area contributed by atoms with Gasteiger partial charge in [-0.25, -0.2) is 0 Å². The predicted octanol–water partition coefficient (Wildman–Crippen LogP) is 6.01. The zero-order valence-corrected chi connectivity index (χ0v) is 22.7. The van der Waals surface area contributed by atoms with Gasteiger partial charge in [-0.1, -0.05) is 37.1 Å². The molecule has 204 valence electrons. The first kappa shape index (κ1) is 27.8. The molecule has 0 aromatic heterocycles. The SMILES string of the molecule is COc1ccc(CC2(C(=O)NC(C)Cc3ccc(NC(=O)c4ccc([N+](=O)[O-])cc4C)cc3)CCCC2)cc1. The standard InChI is InChI=1S/C31H35N3O5/c1-21-18-26(34(37)38)12-15-28(21)29(35)33-25-10-6-23(7-11-25)19-22(2)32-30(36)31(16-4-5-17-31)20-24-8-13-27(39-3)14-9-24/h6-15,18,22H,4-5,16-17,19-20H2,1-3H3,(H,32,36)(H,33,35).